The Morgan fingerprint density at radius 2 is 2.28 bits per heavy atom. The highest BCUT2D eigenvalue weighted by Gasteiger charge is 2.22. The van der Waals surface area contributed by atoms with Crippen molar-refractivity contribution in [3.05, 3.63) is 64.5 Å². The maximum Gasteiger partial charge on any atom is 0.227 e. The molecule has 130 valence electrons. The van der Waals surface area contributed by atoms with Gasteiger partial charge >= 0.3 is 0 Å². The number of anilines is 1. The predicted molar refractivity (Wildman–Crippen MR) is 106 cm³/mol. The maximum absolute atomic E-state index is 12.8. The number of carbonyl (C=O) groups excluding carboxylic acids is 1. The molecule has 4 heteroatoms. The Labute approximate surface area is 154 Å². The van der Waals surface area contributed by atoms with Crippen molar-refractivity contribution in [1.29, 1.82) is 0 Å². The Morgan fingerprint density at radius 1 is 1.44 bits per heavy atom. The number of nitrogens with zero attached hydrogens (tertiary/aromatic N) is 1. The molecule has 1 aliphatic heterocycles. The summed E-state index contributed by atoms with van der Waals surface area (Å²) in [7, 11) is 0. The molecule has 0 spiro atoms. The van der Waals surface area contributed by atoms with Gasteiger partial charge in [0.05, 0.1) is 0 Å². The highest BCUT2D eigenvalue weighted by Crippen LogP contribution is 2.30. The van der Waals surface area contributed by atoms with Crippen molar-refractivity contribution in [1.82, 2.24) is 4.98 Å². The quantitative estimate of drug-likeness (QED) is 0.781. The zero-order chi connectivity index (χ0) is 17.8. The van der Waals surface area contributed by atoms with E-state index >= 15 is 0 Å². The summed E-state index contributed by atoms with van der Waals surface area (Å²) in [5, 5.41) is 0.729. The van der Waals surface area contributed by atoms with Crippen LogP contribution < -0.4 is 4.90 Å². The molecule has 0 fully saturated rings. The van der Waals surface area contributed by atoms with Crippen LogP contribution in [0.15, 0.2) is 37.1 Å². The van der Waals surface area contributed by atoms with Crippen molar-refractivity contribution in [2.75, 3.05) is 11.4 Å². The SMILES string of the molecule is C=Cc1c(CCC(=O)N2CCCc3cc(Cl)ccc32)c[nH]c1/C=C\C. The van der Waals surface area contributed by atoms with E-state index in [0.29, 0.717) is 12.8 Å². The Morgan fingerprint density at radius 3 is 3.04 bits per heavy atom. The van der Waals surface area contributed by atoms with Crippen LogP contribution in [0.25, 0.3) is 12.2 Å². The lowest BCUT2D eigenvalue weighted by Crippen LogP contribution is -2.35. The molecule has 0 aliphatic carbocycles. The molecule has 1 aliphatic rings. The maximum atomic E-state index is 12.8. The van der Waals surface area contributed by atoms with Crippen LogP contribution in [0, 0.1) is 0 Å². The number of allylic oxidation sites excluding steroid dienone is 1. The van der Waals surface area contributed by atoms with E-state index in [1.54, 1.807) is 0 Å². The summed E-state index contributed by atoms with van der Waals surface area (Å²) >= 11 is 6.08. The molecule has 1 aromatic carbocycles. The minimum atomic E-state index is 0.159. The van der Waals surface area contributed by atoms with Crippen LogP contribution in [0.1, 0.15) is 42.1 Å². The molecule has 3 nitrogen and oxygen atoms in total. The molecule has 0 atom stereocenters. The topological polar surface area (TPSA) is 36.1 Å². The fourth-order valence-electron chi connectivity index (χ4n) is 3.45. The number of benzene rings is 1. The fraction of sp³-hybridized carbons (Fsp3) is 0.286. The summed E-state index contributed by atoms with van der Waals surface area (Å²) in [5.41, 5.74) is 5.42. The van der Waals surface area contributed by atoms with Gasteiger partial charge in [0.2, 0.25) is 5.91 Å². The van der Waals surface area contributed by atoms with Crippen LogP contribution in [-0.2, 0) is 17.6 Å². The van der Waals surface area contributed by atoms with Crippen molar-refractivity contribution in [3.63, 3.8) is 0 Å². The molecule has 0 saturated carbocycles. The number of aryl methyl sites for hydroxylation is 2. The van der Waals surface area contributed by atoms with E-state index in [4.69, 9.17) is 11.6 Å². The number of H-pyrrole nitrogens is 1. The molecule has 1 N–H and O–H groups in total. The molecule has 3 rings (SSSR count). The van der Waals surface area contributed by atoms with Crippen LogP contribution >= 0.6 is 11.6 Å². The van der Waals surface area contributed by atoms with Gasteiger partial charge in [0, 0.05) is 41.1 Å². The fourth-order valence-corrected chi connectivity index (χ4v) is 3.64. The molecule has 0 radical (unpaired) electrons. The standard InChI is InChI=1S/C21H23ClN2O/c1-3-6-19-18(4-2)16(14-23-19)8-11-21(25)24-12-5-7-15-13-17(22)9-10-20(15)24/h3-4,6,9-10,13-14,23H,2,5,7-8,11-12H2,1H3/b6-3-. The zero-order valence-corrected chi connectivity index (χ0v) is 15.3. The van der Waals surface area contributed by atoms with Gasteiger partial charge < -0.3 is 9.88 Å². The number of carbonyl (C=O) groups is 1. The van der Waals surface area contributed by atoms with Crippen LogP contribution in [0.3, 0.4) is 0 Å². The molecule has 0 saturated heterocycles. The van der Waals surface area contributed by atoms with E-state index in [1.807, 2.05) is 54.4 Å². The molecule has 1 aromatic heterocycles. The van der Waals surface area contributed by atoms with Crippen molar-refractivity contribution >= 4 is 35.3 Å². The Kier molecular flexibility index (Phi) is 5.44. The highest BCUT2D eigenvalue weighted by atomic mass is 35.5. The summed E-state index contributed by atoms with van der Waals surface area (Å²) in [6.07, 6.45) is 11.0. The van der Waals surface area contributed by atoms with Crippen molar-refractivity contribution in [2.45, 2.75) is 32.6 Å². The van der Waals surface area contributed by atoms with E-state index in [9.17, 15) is 4.79 Å². The summed E-state index contributed by atoms with van der Waals surface area (Å²) < 4.78 is 0. The summed E-state index contributed by atoms with van der Waals surface area (Å²) in [6, 6.07) is 5.79. The Balaban J connectivity index is 1.73. The average Bonchev–Trinajstić information content (AvgIpc) is 3.01. The summed E-state index contributed by atoms with van der Waals surface area (Å²) in [5.74, 6) is 0.159. The minimum absolute atomic E-state index is 0.159. The van der Waals surface area contributed by atoms with E-state index in [1.165, 1.54) is 0 Å². The molecule has 0 unspecified atom stereocenters. The number of nitrogens with one attached hydrogen (secondary N) is 1. The van der Waals surface area contributed by atoms with Gasteiger partial charge in [-0.3, -0.25) is 4.79 Å². The monoisotopic (exact) mass is 354 g/mol. The largest absolute Gasteiger partial charge is 0.361 e. The molecule has 2 aromatic rings. The van der Waals surface area contributed by atoms with E-state index < -0.39 is 0 Å². The zero-order valence-electron chi connectivity index (χ0n) is 14.5. The smallest absolute Gasteiger partial charge is 0.227 e. The van der Waals surface area contributed by atoms with E-state index in [0.717, 1.165) is 52.5 Å². The third-order valence-corrected chi connectivity index (χ3v) is 4.88. The number of aromatic amines is 1. The molecular weight excluding hydrogens is 332 g/mol. The van der Waals surface area contributed by atoms with E-state index in [-0.39, 0.29) is 5.91 Å². The number of fused-ring (bicyclic) bond motifs is 1. The number of aromatic nitrogens is 1. The molecule has 0 bridgehead atoms. The van der Waals surface area contributed by atoms with Crippen LogP contribution in [0.2, 0.25) is 5.02 Å². The van der Waals surface area contributed by atoms with Crippen LogP contribution in [-0.4, -0.2) is 17.4 Å². The normalized spacial score (nSPS) is 13.9. The van der Waals surface area contributed by atoms with E-state index in [2.05, 4.69) is 11.6 Å². The van der Waals surface area contributed by atoms with Gasteiger partial charge in [-0.15, -0.1) is 0 Å². The third-order valence-electron chi connectivity index (χ3n) is 4.64. The number of rotatable bonds is 5. The summed E-state index contributed by atoms with van der Waals surface area (Å²) in [4.78, 5) is 18.0. The highest BCUT2D eigenvalue weighted by molar-refractivity contribution is 6.30. The van der Waals surface area contributed by atoms with Gasteiger partial charge in [-0.25, -0.2) is 0 Å². The first kappa shape index (κ1) is 17.6. The summed E-state index contributed by atoms with van der Waals surface area (Å²) in [6.45, 7) is 6.66. The van der Waals surface area contributed by atoms with Crippen LogP contribution in [0.4, 0.5) is 5.69 Å². The van der Waals surface area contributed by atoms with Gasteiger partial charge in [0.15, 0.2) is 0 Å². The van der Waals surface area contributed by atoms with Gasteiger partial charge in [0.1, 0.15) is 0 Å². The van der Waals surface area contributed by atoms with Gasteiger partial charge in [-0.2, -0.15) is 0 Å². The molecule has 25 heavy (non-hydrogen) atoms. The van der Waals surface area contributed by atoms with Gasteiger partial charge in [-0.1, -0.05) is 30.3 Å². The minimum Gasteiger partial charge on any atom is -0.361 e. The first-order valence-electron chi connectivity index (χ1n) is 8.68. The number of hydrogen-bond acceptors (Lipinski definition) is 1. The van der Waals surface area contributed by atoms with Crippen LogP contribution in [0.5, 0.6) is 0 Å². The lowest BCUT2D eigenvalue weighted by atomic mass is 10.0. The first-order valence-corrected chi connectivity index (χ1v) is 9.06. The second-order valence-corrected chi connectivity index (χ2v) is 6.70. The predicted octanol–water partition coefficient (Wildman–Crippen LogP) is 5.26. The average molecular weight is 355 g/mol. The first-order chi connectivity index (χ1) is 12.1. The van der Waals surface area contributed by atoms with Crippen molar-refractivity contribution in [2.24, 2.45) is 0 Å². The van der Waals surface area contributed by atoms with Crippen molar-refractivity contribution < 1.29 is 4.79 Å². The number of hydrogen-bond donors (Lipinski definition) is 1. The van der Waals surface area contributed by atoms with Gasteiger partial charge in [0.25, 0.3) is 0 Å². The number of halogens is 1. The lowest BCUT2D eigenvalue weighted by Gasteiger charge is -2.29. The second-order valence-electron chi connectivity index (χ2n) is 6.27. The van der Waals surface area contributed by atoms with Crippen molar-refractivity contribution in [3.8, 4) is 0 Å². The Bertz CT molecular complexity index is 819. The third kappa shape index (κ3) is 3.72. The molecule has 1 amide bonds. The second kappa shape index (κ2) is 7.75. The number of amides is 1. The Hall–Kier alpha value is -2.26. The van der Waals surface area contributed by atoms with Gasteiger partial charge in [-0.05, 0) is 61.6 Å². The molecular formula is C21H23ClN2O. The lowest BCUT2D eigenvalue weighted by molar-refractivity contribution is -0.118. The molecule has 2 heterocycles.